The summed E-state index contributed by atoms with van der Waals surface area (Å²) in [6.07, 6.45) is 7.47. The van der Waals surface area contributed by atoms with E-state index in [4.69, 9.17) is 9.98 Å². The molecule has 1 saturated heterocycles. The predicted molar refractivity (Wildman–Crippen MR) is 182 cm³/mol. The molecular weight excluding hydrogens is 518 g/mol. The molecule has 0 aliphatic carbocycles. The van der Waals surface area contributed by atoms with Crippen LogP contribution in [0.2, 0.25) is 0 Å². The van der Waals surface area contributed by atoms with E-state index < -0.39 is 0 Å². The van der Waals surface area contributed by atoms with E-state index in [1.165, 1.54) is 47.2 Å². The first-order valence-electron chi connectivity index (χ1n) is 15.2. The molecule has 41 heavy (non-hydrogen) atoms. The molecule has 5 rings (SSSR count). The first kappa shape index (κ1) is 31.0. The molecule has 2 heterocycles. The highest BCUT2D eigenvalue weighted by Crippen LogP contribution is 2.34. The lowest BCUT2D eigenvalue weighted by molar-refractivity contribution is 0.393. The van der Waals surface area contributed by atoms with E-state index >= 15 is 0 Å². The Morgan fingerprint density at radius 3 is 2.34 bits per heavy atom. The monoisotopic (exact) mass is 565 g/mol. The number of hydrogen-bond acceptors (Lipinski definition) is 4. The minimum absolute atomic E-state index is 0.615. The van der Waals surface area contributed by atoms with Gasteiger partial charge in [0, 0.05) is 25.4 Å². The van der Waals surface area contributed by atoms with Crippen molar-refractivity contribution in [2.45, 2.75) is 51.9 Å². The third-order valence-electron chi connectivity index (χ3n) is 8.09. The minimum Gasteiger partial charge on any atom is -0.305 e. The lowest BCUT2D eigenvalue weighted by atomic mass is 9.86. The van der Waals surface area contributed by atoms with Crippen molar-refractivity contribution in [1.29, 1.82) is 0 Å². The molecule has 3 aromatic rings. The fourth-order valence-corrected chi connectivity index (χ4v) is 6.11. The summed E-state index contributed by atoms with van der Waals surface area (Å²) in [6.45, 7) is 11.1. The average Bonchev–Trinajstić information content (AvgIpc) is 3.63. The Morgan fingerprint density at radius 1 is 0.927 bits per heavy atom. The number of nitrogens with zero attached hydrogens (tertiary/aromatic N) is 3. The summed E-state index contributed by atoms with van der Waals surface area (Å²) in [7, 11) is 2.23. The summed E-state index contributed by atoms with van der Waals surface area (Å²) < 4.78 is 0. The molecule has 0 aromatic heterocycles. The van der Waals surface area contributed by atoms with Crippen molar-refractivity contribution < 1.29 is 0 Å². The van der Waals surface area contributed by atoms with Crippen LogP contribution in [0.15, 0.2) is 102 Å². The number of allylic oxidation sites excluding steroid dienone is 1. The largest absolute Gasteiger partial charge is 0.305 e. The topological polar surface area (TPSA) is 28.0 Å². The summed E-state index contributed by atoms with van der Waals surface area (Å²) in [5, 5.41) is 0. The van der Waals surface area contributed by atoms with Crippen molar-refractivity contribution >= 4 is 24.2 Å². The van der Waals surface area contributed by atoms with Crippen LogP contribution in [0, 0.1) is 11.8 Å². The van der Waals surface area contributed by atoms with Gasteiger partial charge in [0.1, 0.15) is 5.84 Å². The number of hydrogen-bond donors (Lipinski definition) is 1. The molecule has 0 radical (unpaired) electrons. The zero-order chi connectivity index (χ0) is 29.0. The summed E-state index contributed by atoms with van der Waals surface area (Å²) in [6, 6.07) is 28.4. The highest BCUT2D eigenvalue weighted by Gasteiger charge is 2.31. The molecule has 3 aromatic carbocycles. The quantitative estimate of drug-likeness (QED) is 0.183. The van der Waals surface area contributed by atoms with Crippen LogP contribution in [0.5, 0.6) is 0 Å². The van der Waals surface area contributed by atoms with Crippen molar-refractivity contribution in [3.8, 4) is 11.1 Å². The Labute approximate surface area is 253 Å². The first-order valence-corrected chi connectivity index (χ1v) is 15.9. The van der Waals surface area contributed by atoms with Gasteiger partial charge in [0.2, 0.25) is 0 Å². The van der Waals surface area contributed by atoms with Gasteiger partial charge in [-0.05, 0) is 78.1 Å². The van der Waals surface area contributed by atoms with Crippen LogP contribution in [-0.2, 0) is 6.42 Å². The second-order valence-electron chi connectivity index (χ2n) is 11.8. The van der Waals surface area contributed by atoms with Crippen LogP contribution >= 0.6 is 12.6 Å². The second kappa shape index (κ2) is 15.9. The SMILES string of the molecule is C=CCCC(C)C.CN1C[C@H](CCS)[C@H](c2cccc(CCC3=NCC(c4ccc(-c5ccccc5)cc4)=N3)c2)C1. The van der Waals surface area contributed by atoms with Crippen LogP contribution in [0.1, 0.15) is 62.1 Å². The Bertz CT molecular complexity index is 1290. The highest BCUT2D eigenvalue weighted by atomic mass is 32.1. The zero-order valence-electron chi connectivity index (χ0n) is 25.2. The summed E-state index contributed by atoms with van der Waals surface area (Å²) in [5.74, 6) is 4.09. The Balaban J connectivity index is 0.000000493. The van der Waals surface area contributed by atoms with Gasteiger partial charge in [-0.1, -0.05) is 98.8 Å². The van der Waals surface area contributed by atoms with Gasteiger partial charge in [-0.3, -0.25) is 4.99 Å². The molecule has 3 nitrogen and oxygen atoms in total. The van der Waals surface area contributed by atoms with Crippen molar-refractivity contribution in [3.63, 3.8) is 0 Å². The molecule has 4 heteroatoms. The fraction of sp³-hybridized carbons (Fsp3) is 0.405. The van der Waals surface area contributed by atoms with E-state index in [1.54, 1.807) is 0 Å². The van der Waals surface area contributed by atoms with Crippen LogP contribution < -0.4 is 0 Å². The maximum Gasteiger partial charge on any atom is 0.124 e. The average molecular weight is 566 g/mol. The van der Waals surface area contributed by atoms with Gasteiger partial charge < -0.3 is 4.90 Å². The van der Waals surface area contributed by atoms with E-state index in [1.807, 2.05) is 12.1 Å². The number of aliphatic imine (C=N–C) groups is 2. The van der Waals surface area contributed by atoms with Gasteiger partial charge in [-0.2, -0.15) is 12.6 Å². The molecule has 0 unspecified atom stereocenters. The third-order valence-corrected chi connectivity index (χ3v) is 8.35. The molecule has 1 fully saturated rings. The number of aryl methyl sites for hydroxylation is 1. The summed E-state index contributed by atoms with van der Waals surface area (Å²) in [5.41, 5.74) is 7.57. The maximum atomic E-state index is 4.87. The second-order valence-corrected chi connectivity index (χ2v) is 12.3. The van der Waals surface area contributed by atoms with Gasteiger partial charge in [-0.15, -0.1) is 6.58 Å². The molecule has 2 aliphatic heterocycles. The van der Waals surface area contributed by atoms with Crippen LogP contribution in [0.4, 0.5) is 0 Å². The van der Waals surface area contributed by atoms with Gasteiger partial charge in [0.05, 0.1) is 12.3 Å². The van der Waals surface area contributed by atoms with E-state index in [9.17, 15) is 0 Å². The summed E-state index contributed by atoms with van der Waals surface area (Å²) >= 11 is 4.49. The lowest BCUT2D eigenvalue weighted by Gasteiger charge is -2.18. The van der Waals surface area contributed by atoms with Crippen molar-refractivity contribution in [1.82, 2.24) is 4.90 Å². The van der Waals surface area contributed by atoms with E-state index in [0.29, 0.717) is 18.4 Å². The van der Waals surface area contributed by atoms with E-state index in [0.717, 1.165) is 49.0 Å². The molecule has 2 aliphatic rings. The fourth-order valence-electron chi connectivity index (χ4n) is 5.78. The normalized spacial score (nSPS) is 18.6. The molecule has 2 atom stereocenters. The van der Waals surface area contributed by atoms with Gasteiger partial charge in [-0.25, -0.2) is 4.99 Å². The Morgan fingerprint density at radius 2 is 1.66 bits per heavy atom. The highest BCUT2D eigenvalue weighted by molar-refractivity contribution is 7.80. The Hall–Kier alpha value is -2.95. The number of amidine groups is 1. The zero-order valence-corrected chi connectivity index (χ0v) is 26.1. The third kappa shape index (κ3) is 9.28. The predicted octanol–water partition coefficient (Wildman–Crippen LogP) is 8.76. The van der Waals surface area contributed by atoms with E-state index in [2.05, 4.69) is 118 Å². The van der Waals surface area contributed by atoms with E-state index in [-0.39, 0.29) is 0 Å². The molecule has 0 saturated carbocycles. The minimum atomic E-state index is 0.615. The standard InChI is InChI=1S/C30H33N3S.C7H14/c1-33-20-27(16-17-34)28(21-33)26-9-5-6-22(18-26)10-15-30-31-19-29(32-30)25-13-11-24(12-14-25)23-7-3-2-4-8-23;1-4-5-6-7(2)3/h2-9,11-14,18,27-28,34H,10,15-17,19-21H2,1H3;4,7H,1,5-6H2,2-3H3/t27-,28-;/m0./s1. The Kier molecular flexibility index (Phi) is 12.0. The number of benzene rings is 3. The van der Waals surface area contributed by atoms with Crippen molar-refractivity contribution in [3.05, 3.63) is 108 Å². The molecule has 0 bridgehead atoms. The molecule has 216 valence electrons. The molecule has 0 amide bonds. The number of rotatable bonds is 11. The van der Waals surface area contributed by atoms with Crippen LogP contribution in [0.25, 0.3) is 11.1 Å². The van der Waals surface area contributed by atoms with Crippen LogP contribution in [-0.4, -0.2) is 48.9 Å². The number of likely N-dealkylation sites (N-methyl/N-ethyl adjacent to an activating group) is 1. The first-order chi connectivity index (χ1) is 20.0. The van der Waals surface area contributed by atoms with Crippen molar-refractivity contribution in [2.75, 3.05) is 32.4 Å². The molecular formula is C37H47N3S. The van der Waals surface area contributed by atoms with Gasteiger partial charge in [0.25, 0.3) is 0 Å². The van der Waals surface area contributed by atoms with Gasteiger partial charge >= 0.3 is 0 Å². The molecule has 0 N–H and O–H groups in total. The number of thiol groups is 1. The smallest absolute Gasteiger partial charge is 0.124 e. The number of likely N-dealkylation sites (tertiary alicyclic amines) is 1. The van der Waals surface area contributed by atoms with Crippen molar-refractivity contribution in [2.24, 2.45) is 21.8 Å². The lowest BCUT2D eigenvalue weighted by Crippen LogP contribution is -2.14. The van der Waals surface area contributed by atoms with Gasteiger partial charge in [0.15, 0.2) is 0 Å². The van der Waals surface area contributed by atoms with Crippen LogP contribution in [0.3, 0.4) is 0 Å². The maximum absolute atomic E-state index is 4.87. The molecule has 0 spiro atoms. The summed E-state index contributed by atoms with van der Waals surface area (Å²) in [4.78, 5) is 12.1.